The molecular formula is C13H21N3O. The van der Waals surface area contributed by atoms with Gasteiger partial charge in [-0.15, -0.1) is 0 Å². The van der Waals surface area contributed by atoms with Crippen molar-refractivity contribution >= 4 is 5.69 Å². The first-order valence-electron chi connectivity index (χ1n) is 6.18. The summed E-state index contributed by atoms with van der Waals surface area (Å²) in [5, 5.41) is 3.13. The average Bonchev–Trinajstić information content (AvgIpc) is 2.33. The normalized spacial score (nSPS) is 25.0. The number of aromatic nitrogens is 1. The molecule has 2 heterocycles. The monoisotopic (exact) mass is 235 g/mol. The number of morpholine rings is 1. The van der Waals surface area contributed by atoms with Gasteiger partial charge in [0.05, 0.1) is 18.4 Å². The van der Waals surface area contributed by atoms with Crippen LogP contribution in [0.2, 0.25) is 0 Å². The van der Waals surface area contributed by atoms with Gasteiger partial charge < -0.3 is 15.0 Å². The number of hydrogen-bond donors (Lipinski definition) is 1. The number of nitrogens with one attached hydrogen (secondary N) is 1. The van der Waals surface area contributed by atoms with E-state index in [0.717, 1.165) is 25.4 Å². The van der Waals surface area contributed by atoms with E-state index >= 15 is 0 Å². The Kier molecular flexibility index (Phi) is 3.97. The molecular weight excluding hydrogens is 214 g/mol. The molecule has 0 amide bonds. The number of pyridine rings is 1. The van der Waals surface area contributed by atoms with Gasteiger partial charge in [0, 0.05) is 31.0 Å². The van der Waals surface area contributed by atoms with Gasteiger partial charge in [-0.3, -0.25) is 4.98 Å². The first-order chi connectivity index (χ1) is 8.20. The van der Waals surface area contributed by atoms with Gasteiger partial charge in [0.15, 0.2) is 0 Å². The number of ether oxygens (including phenoxy) is 1. The molecule has 2 rings (SSSR count). The molecule has 2 unspecified atom stereocenters. The Hall–Kier alpha value is -1.13. The molecule has 4 nitrogen and oxygen atoms in total. The van der Waals surface area contributed by atoms with Crippen molar-refractivity contribution in [2.75, 3.05) is 25.1 Å². The molecule has 1 aliphatic rings. The van der Waals surface area contributed by atoms with E-state index in [0.29, 0.717) is 12.1 Å². The fraction of sp³-hybridized carbons (Fsp3) is 0.615. The smallest absolute Gasteiger partial charge is 0.0723 e. The van der Waals surface area contributed by atoms with Crippen molar-refractivity contribution < 1.29 is 4.74 Å². The molecule has 0 aromatic carbocycles. The first-order valence-corrected chi connectivity index (χ1v) is 6.18. The van der Waals surface area contributed by atoms with Gasteiger partial charge in [-0.25, -0.2) is 0 Å². The summed E-state index contributed by atoms with van der Waals surface area (Å²) in [5.74, 6) is 0. The highest BCUT2D eigenvalue weighted by Gasteiger charge is 2.23. The molecule has 0 spiro atoms. The number of nitrogens with zero attached hydrogens (tertiary/aromatic N) is 2. The highest BCUT2D eigenvalue weighted by atomic mass is 16.5. The molecule has 17 heavy (non-hydrogen) atoms. The van der Waals surface area contributed by atoms with Crippen molar-refractivity contribution in [3.8, 4) is 0 Å². The fourth-order valence-electron chi connectivity index (χ4n) is 2.18. The summed E-state index contributed by atoms with van der Waals surface area (Å²) < 4.78 is 5.65. The molecule has 2 atom stereocenters. The average molecular weight is 235 g/mol. The summed E-state index contributed by atoms with van der Waals surface area (Å²) in [6.07, 6.45) is 2.18. The predicted octanol–water partition coefficient (Wildman–Crippen LogP) is 1.41. The van der Waals surface area contributed by atoms with Crippen LogP contribution in [-0.2, 0) is 11.3 Å². The van der Waals surface area contributed by atoms with Gasteiger partial charge in [-0.05, 0) is 33.0 Å². The lowest BCUT2D eigenvalue weighted by molar-refractivity contribution is 0.0343. The van der Waals surface area contributed by atoms with Crippen LogP contribution in [0.15, 0.2) is 18.3 Å². The van der Waals surface area contributed by atoms with Crippen LogP contribution in [0.25, 0.3) is 0 Å². The largest absolute Gasteiger partial charge is 0.375 e. The van der Waals surface area contributed by atoms with Crippen LogP contribution in [0.4, 0.5) is 5.69 Å². The van der Waals surface area contributed by atoms with Crippen LogP contribution < -0.4 is 10.2 Å². The van der Waals surface area contributed by atoms with Gasteiger partial charge in [0.25, 0.3) is 0 Å². The molecule has 0 bridgehead atoms. The van der Waals surface area contributed by atoms with Crippen LogP contribution in [0, 0.1) is 0 Å². The SMILES string of the molecule is CNCc1cc(N2CC(C)OCC2C)ccn1. The minimum absolute atomic E-state index is 0.298. The van der Waals surface area contributed by atoms with Crippen molar-refractivity contribution in [1.29, 1.82) is 0 Å². The van der Waals surface area contributed by atoms with E-state index in [1.807, 2.05) is 13.2 Å². The van der Waals surface area contributed by atoms with E-state index in [4.69, 9.17) is 4.74 Å². The van der Waals surface area contributed by atoms with Crippen molar-refractivity contribution in [1.82, 2.24) is 10.3 Å². The second-order valence-corrected chi connectivity index (χ2v) is 4.68. The van der Waals surface area contributed by atoms with Gasteiger partial charge in [-0.1, -0.05) is 0 Å². The highest BCUT2D eigenvalue weighted by Crippen LogP contribution is 2.21. The fourth-order valence-corrected chi connectivity index (χ4v) is 2.18. The quantitative estimate of drug-likeness (QED) is 0.859. The minimum Gasteiger partial charge on any atom is -0.375 e. The Morgan fingerprint density at radius 1 is 1.53 bits per heavy atom. The van der Waals surface area contributed by atoms with Gasteiger partial charge >= 0.3 is 0 Å². The number of rotatable bonds is 3. The lowest BCUT2D eigenvalue weighted by Gasteiger charge is -2.38. The molecule has 94 valence electrons. The minimum atomic E-state index is 0.298. The van der Waals surface area contributed by atoms with Crippen molar-refractivity contribution in [3.63, 3.8) is 0 Å². The summed E-state index contributed by atoms with van der Waals surface area (Å²) in [5.41, 5.74) is 2.32. The molecule has 4 heteroatoms. The molecule has 0 aliphatic carbocycles. The van der Waals surface area contributed by atoms with E-state index in [9.17, 15) is 0 Å². The van der Waals surface area contributed by atoms with Gasteiger partial charge in [-0.2, -0.15) is 0 Å². The van der Waals surface area contributed by atoms with Crippen molar-refractivity contribution in [2.24, 2.45) is 0 Å². The zero-order chi connectivity index (χ0) is 12.3. The maximum atomic E-state index is 5.65. The zero-order valence-electron chi connectivity index (χ0n) is 10.8. The third kappa shape index (κ3) is 2.96. The summed E-state index contributed by atoms with van der Waals surface area (Å²) in [7, 11) is 1.94. The Labute approximate surface area is 103 Å². The summed E-state index contributed by atoms with van der Waals surface area (Å²) in [4.78, 5) is 6.75. The molecule has 1 aromatic heterocycles. The van der Waals surface area contributed by atoms with E-state index in [1.165, 1.54) is 5.69 Å². The van der Waals surface area contributed by atoms with Crippen molar-refractivity contribution in [2.45, 2.75) is 32.5 Å². The second kappa shape index (κ2) is 5.47. The first kappa shape index (κ1) is 12.3. The summed E-state index contributed by atoms with van der Waals surface area (Å²) in [6.45, 7) is 6.87. The van der Waals surface area contributed by atoms with Crippen LogP contribution >= 0.6 is 0 Å². The third-order valence-corrected chi connectivity index (χ3v) is 3.10. The Balaban J connectivity index is 2.16. The Bertz CT molecular complexity index is 369. The van der Waals surface area contributed by atoms with Gasteiger partial charge in [0.1, 0.15) is 0 Å². The highest BCUT2D eigenvalue weighted by molar-refractivity contribution is 5.48. The van der Waals surface area contributed by atoms with Crippen LogP contribution in [0.1, 0.15) is 19.5 Å². The van der Waals surface area contributed by atoms with Gasteiger partial charge in [0.2, 0.25) is 0 Å². The van der Waals surface area contributed by atoms with E-state index < -0.39 is 0 Å². The number of anilines is 1. The van der Waals surface area contributed by atoms with Crippen LogP contribution in [0.5, 0.6) is 0 Å². The molecule has 1 N–H and O–H groups in total. The molecule has 1 fully saturated rings. The van der Waals surface area contributed by atoms with E-state index in [1.54, 1.807) is 0 Å². The summed E-state index contributed by atoms with van der Waals surface area (Å²) in [6, 6.07) is 4.66. The molecule has 1 aliphatic heterocycles. The second-order valence-electron chi connectivity index (χ2n) is 4.68. The maximum Gasteiger partial charge on any atom is 0.0723 e. The molecule has 1 saturated heterocycles. The van der Waals surface area contributed by atoms with Crippen LogP contribution in [-0.4, -0.2) is 37.3 Å². The molecule has 0 saturated carbocycles. The molecule has 0 radical (unpaired) electrons. The lowest BCUT2D eigenvalue weighted by atomic mass is 10.1. The number of hydrogen-bond acceptors (Lipinski definition) is 4. The van der Waals surface area contributed by atoms with E-state index in [2.05, 4.69) is 41.2 Å². The summed E-state index contributed by atoms with van der Waals surface area (Å²) >= 11 is 0. The Morgan fingerprint density at radius 2 is 2.35 bits per heavy atom. The third-order valence-electron chi connectivity index (χ3n) is 3.10. The molecule has 1 aromatic rings. The van der Waals surface area contributed by atoms with Crippen LogP contribution in [0.3, 0.4) is 0 Å². The van der Waals surface area contributed by atoms with E-state index in [-0.39, 0.29) is 0 Å². The lowest BCUT2D eigenvalue weighted by Crippen LogP contribution is -2.47. The zero-order valence-corrected chi connectivity index (χ0v) is 10.8. The standard InChI is InChI=1S/C13H21N3O/c1-10-9-17-11(2)8-16(10)13-4-5-15-12(6-13)7-14-3/h4-6,10-11,14H,7-9H2,1-3H3. The van der Waals surface area contributed by atoms with Crippen molar-refractivity contribution in [3.05, 3.63) is 24.0 Å². The predicted molar refractivity (Wildman–Crippen MR) is 69.2 cm³/mol. The Morgan fingerprint density at radius 3 is 3.12 bits per heavy atom. The maximum absolute atomic E-state index is 5.65. The topological polar surface area (TPSA) is 37.4 Å².